The van der Waals surface area contributed by atoms with Crippen molar-refractivity contribution in [3.63, 3.8) is 0 Å². The summed E-state index contributed by atoms with van der Waals surface area (Å²) in [6.45, 7) is 8.43. The molecule has 0 aliphatic carbocycles. The molecule has 4 nitrogen and oxygen atoms in total. The van der Waals surface area contributed by atoms with Gasteiger partial charge in [-0.25, -0.2) is 0 Å². The van der Waals surface area contributed by atoms with E-state index in [2.05, 4.69) is 54.4 Å². The topological polar surface area (TPSA) is 51.0 Å². The molecular formula is C17H23N3O. The van der Waals surface area contributed by atoms with Gasteiger partial charge < -0.3 is 9.84 Å². The number of aromatic nitrogens is 2. The molecule has 0 radical (unpaired) electrons. The predicted octanol–water partition coefficient (Wildman–Crippen LogP) is 2.92. The maximum atomic E-state index is 5.54. The molecule has 1 aromatic heterocycles. The number of nitrogens with zero attached hydrogens (tertiary/aromatic N) is 2. The molecule has 1 atom stereocenters. The Hall–Kier alpha value is -1.68. The Bertz CT molecular complexity index is 606. The highest BCUT2D eigenvalue weighted by molar-refractivity contribution is 5.30. The number of piperidine rings is 1. The number of hydrogen-bond acceptors (Lipinski definition) is 4. The standard InChI is InChI=1S/C17H23N3O/c1-12-7-13(2)9-14(8-12)10-15-19-16(21-20-15)17(3)5-4-6-18-11-17/h7-9,18H,4-6,10-11H2,1-3H3. The van der Waals surface area contributed by atoms with Gasteiger partial charge >= 0.3 is 0 Å². The molecule has 1 fully saturated rings. The van der Waals surface area contributed by atoms with E-state index in [9.17, 15) is 0 Å². The van der Waals surface area contributed by atoms with E-state index in [0.717, 1.165) is 44.1 Å². The van der Waals surface area contributed by atoms with E-state index in [-0.39, 0.29) is 5.41 Å². The first-order valence-corrected chi connectivity index (χ1v) is 7.66. The summed E-state index contributed by atoms with van der Waals surface area (Å²) in [4.78, 5) is 4.64. The fraction of sp³-hybridized carbons (Fsp3) is 0.529. The zero-order chi connectivity index (χ0) is 14.9. The summed E-state index contributed by atoms with van der Waals surface area (Å²) in [7, 11) is 0. The minimum absolute atomic E-state index is 0.0218. The van der Waals surface area contributed by atoms with Crippen molar-refractivity contribution >= 4 is 0 Å². The second-order valence-corrected chi connectivity index (χ2v) is 6.53. The molecule has 4 heteroatoms. The number of nitrogens with one attached hydrogen (secondary N) is 1. The summed E-state index contributed by atoms with van der Waals surface area (Å²) in [6.07, 6.45) is 2.99. The summed E-state index contributed by atoms with van der Waals surface area (Å²) in [6, 6.07) is 6.56. The van der Waals surface area contributed by atoms with Crippen molar-refractivity contribution in [2.24, 2.45) is 0 Å². The highest BCUT2D eigenvalue weighted by Crippen LogP contribution is 2.29. The second kappa shape index (κ2) is 5.60. The molecule has 0 bridgehead atoms. The lowest BCUT2D eigenvalue weighted by atomic mass is 9.83. The number of benzene rings is 1. The lowest BCUT2D eigenvalue weighted by Gasteiger charge is -2.30. The van der Waals surface area contributed by atoms with E-state index in [1.165, 1.54) is 16.7 Å². The number of rotatable bonds is 3. The van der Waals surface area contributed by atoms with Crippen LogP contribution in [0.2, 0.25) is 0 Å². The van der Waals surface area contributed by atoms with Gasteiger partial charge in [0.25, 0.3) is 0 Å². The Balaban J connectivity index is 1.78. The lowest BCUT2D eigenvalue weighted by Crippen LogP contribution is -2.41. The van der Waals surface area contributed by atoms with Crippen molar-refractivity contribution in [1.29, 1.82) is 0 Å². The molecule has 21 heavy (non-hydrogen) atoms. The van der Waals surface area contributed by atoms with Gasteiger partial charge in [-0.1, -0.05) is 34.5 Å². The zero-order valence-electron chi connectivity index (χ0n) is 13.1. The first kappa shape index (κ1) is 14.3. The molecule has 0 spiro atoms. The minimum atomic E-state index is -0.0218. The summed E-state index contributed by atoms with van der Waals surface area (Å²) in [5.41, 5.74) is 3.77. The van der Waals surface area contributed by atoms with Gasteiger partial charge in [0.05, 0.1) is 5.41 Å². The maximum Gasteiger partial charge on any atom is 0.233 e. The third-order valence-corrected chi connectivity index (χ3v) is 4.23. The molecule has 0 amide bonds. The molecular weight excluding hydrogens is 262 g/mol. The molecule has 1 N–H and O–H groups in total. The Morgan fingerprint density at radius 3 is 2.67 bits per heavy atom. The van der Waals surface area contributed by atoms with Crippen LogP contribution in [0.3, 0.4) is 0 Å². The van der Waals surface area contributed by atoms with Crippen LogP contribution >= 0.6 is 0 Å². The van der Waals surface area contributed by atoms with Crippen LogP contribution in [0.4, 0.5) is 0 Å². The van der Waals surface area contributed by atoms with Crippen molar-refractivity contribution in [2.45, 2.75) is 45.4 Å². The van der Waals surface area contributed by atoms with Gasteiger partial charge in [-0.3, -0.25) is 0 Å². The molecule has 2 heterocycles. The summed E-state index contributed by atoms with van der Waals surface area (Å²) in [5.74, 6) is 1.55. The van der Waals surface area contributed by atoms with Crippen LogP contribution in [-0.4, -0.2) is 23.2 Å². The normalized spacial score (nSPS) is 22.4. The van der Waals surface area contributed by atoms with Gasteiger partial charge in [-0.2, -0.15) is 4.98 Å². The predicted molar refractivity (Wildman–Crippen MR) is 82.5 cm³/mol. The van der Waals surface area contributed by atoms with E-state index in [1.807, 2.05) is 0 Å². The molecule has 1 unspecified atom stereocenters. The summed E-state index contributed by atoms with van der Waals surface area (Å²) < 4.78 is 5.54. The molecule has 1 aliphatic heterocycles. The van der Waals surface area contributed by atoms with Gasteiger partial charge in [0.15, 0.2) is 5.82 Å². The smallest absolute Gasteiger partial charge is 0.233 e. The maximum absolute atomic E-state index is 5.54. The largest absolute Gasteiger partial charge is 0.339 e. The van der Waals surface area contributed by atoms with Crippen molar-refractivity contribution in [3.8, 4) is 0 Å². The van der Waals surface area contributed by atoms with Crippen molar-refractivity contribution < 1.29 is 4.52 Å². The minimum Gasteiger partial charge on any atom is -0.339 e. The van der Waals surface area contributed by atoms with Crippen LogP contribution in [0, 0.1) is 13.8 Å². The Labute approximate surface area is 126 Å². The van der Waals surface area contributed by atoms with Crippen molar-refractivity contribution in [2.75, 3.05) is 13.1 Å². The van der Waals surface area contributed by atoms with E-state index in [0.29, 0.717) is 0 Å². The van der Waals surface area contributed by atoms with Gasteiger partial charge in [0.2, 0.25) is 5.89 Å². The molecule has 1 saturated heterocycles. The van der Waals surface area contributed by atoms with Crippen LogP contribution in [-0.2, 0) is 11.8 Å². The van der Waals surface area contributed by atoms with Gasteiger partial charge in [0.1, 0.15) is 0 Å². The Kier molecular flexibility index (Phi) is 3.81. The highest BCUT2D eigenvalue weighted by Gasteiger charge is 2.34. The average molecular weight is 285 g/mol. The zero-order valence-corrected chi connectivity index (χ0v) is 13.1. The van der Waals surface area contributed by atoms with Crippen LogP contribution in [0.1, 0.15) is 48.2 Å². The van der Waals surface area contributed by atoms with Gasteiger partial charge in [0, 0.05) is 13.0 Å². The second-order valence-electron chi connectivity index (χ2n) is 6.53. The van der Waals surface area contributed by atoms with Crippen molar-refractivity contribution in [1.82, 2.24) is 15.5 Å². The van der Waals surface area contributed by atoms with Gasteiger partial charge in [-0.05, 0) is 45.7 Å². The summed E-state index contributed by atoms with van der Waals surface area (Å²) in [5, 5.41) is 7.60. The first-order chi connectivity index (χ1) is 10.0. The highest BCUT2D eigenvalue weighted by atomic mass is 16.5. The number of aryl methyl sites for hydroxylation is 2. The molecule has 3 rings (SSSR count). The molecule has 112 valence electrons. The van der Waals surface area contributed by atoms with Gasteiger partial charge in [-0.15, -0.1) is 0 Å². The molecule has 2 aromatic rings. The quantitative estimate of drug-likeness (QED) is 0.942. The molecule has 1 aromatic carbocycles. The third-order valence-electron chi connectivity index (χ3n) is 4.23. The Morgan fingerprint density at radius 2 is 2.00 bits per heavy atom. The number of hydrogen-bond donors (Lipinski definition) is 1. The Morgan fingerprint density at radius 1 is 1.24 bits per heavy atom. The molecule has 1 aliphatic rings. The summed E-state index contributed by atoms with van der Waals surface area (Å²) >= 11 is 0. The van der Waals surface area contributed by atoms with E-state index in [1.54, 1.807) is 0 Å². The average Bonchev–Trinajstić information content (AvgIpc) is 2.87. The monoisotopic (exact) mass is 285 g/mol. The van der Waals surface area contributed by atoms with Crippen LogP contribution in [0.15, 0.2) is 22.7 Å². The van der Waals surface area contributed by atoms with E-state index < -0.39 is 0 Å². The molecule has 0 saturated carbocycles. The van der Waals surface area contributed by atoms with Crippen LogP contribution in [0.5, 0.6) is 0 Å². The SMILES string of the molecule is Cc1cc(C)cc(Cc2noc(C3(C)CCCNC3)n2)c1. The first-order valence-electron chi connectivity index (χ1n) is 7.66. The lowest BCUT2D eigenvalue weighted by molar-refractivity contribution is 0.245. The van der Waals surface area contributed by atoms with Crippen molar-refractivity contribution in [3.05, 3.63) is 46.6 Å². The fourth-order valence-corrected chi connectivity index (χ4v) is 3.16. The van der Waals surface area contributed by atoms with E-state index in [4.69, 9.17) is 4.52 Å². The fourth-order valence-electron chi connectivity index (χ4n) is 3.16. The van der Waals surface area contributed by atoms with Crippen LogP contribution in [0.25, 0.3) is 0 Å². The van der Waals surface area contributed by atoms with E-state index >= 15 is 0 Å². The third kappa shape index (κ3) is 3.16. The van der Waals surface area contributed by atoms with Crippen LogP contribution < -0.4 is 5.32 Å².